The molecule has 1 aromatic heterocycles. The molecule has 3 aliphatic rings. The lowest BCUT2D eigenvalue weighted by Gasteiger charge is -2.45. The van der Waals surface area contributed by atoms with Crippen LogP contribution in [0.25, 0.3) is 0 Å². The second kappa shape index (κ2) is 7.62. The minimum atomic E-state index is 0. The Morgan fingerprint density at radius 2 is 1.80 bits per heavy atom. The fraction of sp³-hybridized carbons (Fsp3) is 0.833. The average Bonchev–Trinajstić information content (AvgIpc) is 3.01. The lowest BCUT2D eigenvalue weighted by Crippen LogP contribution is -2.50. The third-order valence-electron chi connectivity index (χ3n) is 6.46. The van der Waals surface area contributed by atoms with Gasteiger partial charge in [0.15, 0.2) is 5.82 Å². The lowest BCUT2D eigenvalue weighted by molar-refractivity contribution is -0.139. The first-order chi connectivity index (χ1) is 11.6. The predicted molar refractivity (Wildman–Crippen MR) is 96.4 cm³/mol. The van der Waals surface area contributed by atoms with E-state index in [2.05, 4.69) is 15.0 Å². The van der Waals surface area contributed by atoms with Crippen LogP contribution < -0.4 is 5.73 Å². The van der Waals surface area contributed by atoms with Crippen molar-refractivity contribution in [3.8, 4) is 0 Å². The molecule has 6 nitrogen and oxygen atoms in total. The van der Waals surface area contributed by atoms with E-state index in [0.717, 1.165) is 44.7 Å². The van der Waals surface area contributed by atoms with Crippen LogP contribution in [0.4, 0.5) is 0 Å². The molecule has 1 aliphatic heterocycles. The summed E-state index contributed by atoms with van der Waals surface area (Å²) >= 11 is 0. The molecule has 4 rings (SSSR count). The van der Waals surface area contributed by atoms with Crippen LogP contribution in [-0.4, -0.2) is 40.1 Å². The third-order valence-corrected chi connectivity index (χ3v) is 6.46. The number of likely N-dealkylation sites (tertiary alicyclic amines) is 1. The van der Waals surface area contributed by atoms with Gasteiger partial charge in [-0.05, 0) is 57.3 Å². The number of nitrogens with zero attached hydrogens (tertiary/aromatic N) is 3. The molecular weight excluding hydrogens is 340 g/mol. The number of aryl methyl sites for hydroxylation is 1. The Labute approximate surface area is 155 Å². The summed E-state index contributed by atoms with van der Waals surface area (Å²) in [4.78, 5) is 19.4. The van der Waals surface area contributed by atoms with Gasteiger partial charge in [-0.15, -0.1) is 12.4 Å². The monoisotopic (exact) mass is 368 g/mol. The van der Waals surface area contributed by atoms with Crippen molar-refractivity contribution in [3.63, 3.8) is 0 Å². The number of fused-ring (bicyclic) bond motifs is 2. The molecule has 1 aromatic rings. The van der Waals surface area contributed by atoms with Crippen LogP contribution in [0.15, 0.2) is 4.52 Å². The van der Waals surface area contributed by atoms with E-state index in [0.29, 0.717) is 35.5 Å². The van der Waals surface area contributed by atoms with Crippen molar-refractivity contribution < 1.29 is 9.32 Å². The second-order valence-corrected chi connectivity index (χ2v) is 7.98. The number of carbonyl (C=O) groups is 1. The molecule has 2 unspecified atom stereocenters. The normalized spacial score (nSPS) is 33.0. The molecule has 0 radical (unpaired) electrons. The summed E-state index contributed by atoms with van der Waals surface area (Å²) in [6, 6.07) is 0.328. The molecule has 0 aromatic carbocycles. The number of hydrogen-bond acceptors (Lipinski definition) is 5. The highest BCUT2D eigenvalue weighted by Gasteiger charge is 2.42. The second-order valence-electron chi connectivity index (χ2n) is 7.98. The lowest BCUT2D eigenvalue weighted by atomic mass is 9.65. The summed E-state index contributed by atoms with van der Waals surface area (Å²) in [5.74, 6) is 3.40. The summed E-state index contributed by atoms with van der Waals surface area (Å²) in [5, 5.41) is 3.88. The molecule has 25 heavy (non-hydrogen) atoms. The van der Waals surface area contributed by atoms with Crippen LogP contribution in [0.5, 0.6) is 0 Å². The number of carbonyl (C=O) groups excluding carboxylic acids is 1. The van der Waals surface area contributed by atoms with Crippen molar-refractivity contribution in [3.05, 3.63) is 11.7 Å². The first-order valence-electron chi connectivity index (χ1n) is 9.46. The first-order valence-corrected chi connectivity index (χ1v) is 9.46. The van der Waals surface area contributed by atoms with E-state index < -0.39 is 0 Å². The Bertz CT molecular complexity index is 586. The van der Waals surface area contributed by atoms with E-state index in [1.54, 1.807) is 0 Å². The highest BCUT2D eigenvalue weighted by molar-refractivity contribution is 5.85. The van der Waals surface area contributed by atoms with Crippen LogP contribution >= 0.6 is 12.4 Å². The van der Waals surface area contributed by atoms with Gasteiger partial charge in [0, 0.05) is 31.0 Å². The van der Waals surface area contributed by atoms with Gasteiger partial charge in [0.05, 0.1) is 0 Å². The van der Waals surface area contributed by atoms with Crippen LogP contribution in [-0.2, 0) is 4.79 Å². The summed E-state index contributed by atoms with van der Waals surface area (Å²) in [6.07, 6.45) is 7.55. The molecule has 2 aliphatic carbocycles. The van der Waals surface area contributed by atoms with E-state index in [1.807, 2.05) is 6.92 Å². The Balaban J connectivity index is 0.00000182. The summed E-state index contributed by atoms with van der Waals surface area (Å²) < 4.78 is 5.30. The number of piperidine rings is 1. The van der Waals surface area contributed by atoms with Crippen molar-refractivity contribution in [2.24, 2.45) is 23.5 Å². The first kappa shape index (κ1) is 18.6. The molecule has 1 saturated heterocycles. The molecular formula is C18H29ClN4O2. The maximum absolute atomic E-state index is 13.0. The van der Waals surface area contributed by atoms with E-state index in [9.17, 15) is 4.79 Å². The topological polar surface area (TPSA) is 85.2 Å². The molecule has 2 heterocycles. The van der Waals surface area contributed by atoms with E-state index >= 15 is 0 Å². The Kier molecular flexibility index (Phi) is 5.68. The third kappa shape index (κ3) is 3.70. The van der Waals surface area contributed by atoms with Gasteiger partial charge in [-0.2, -0.15) is 4.98 Å². The van der Waals surface area contributed by atoms with Crippen molar-refractivity contribution in [2.75, 3.05) is 13.1 Å². The quantitative estimate of drug-likeness (QED) is 0.867. The Morgan fingerprint density at radius 1 is 1.16 bits per heavy atom. The minimum Gasteiger partial charge on any atom is -0.342 e. The number of hydrogen-bond donors (Lipinski definition) is 1. The van der Waals surface area contributed by atoms with E-state index in [1.165, 1.54) is 19.3 Å². The zero-order chi connectivity index (χ0) is 16.7. The maximum atomic E-state index is 13.0. The highest BCUT2D eigenvalue weighted by atomic mass is 35.5. The van der Waals surface area contributed by atoms with Crippen molar-refractivity contribution in [1.29, 1.82) is 0 Å². The molecule has 140 valence electrons. The van der Waals surface area contributed by atoms with Crippen molar-refractivity contribution in [2.45, 2.75) is 63.8 Å². The molecule has 2 bridgehead atoms. The summed E-state index contributed by atoms with van der Waals surface area (Å²) in [7, 11) is 0. The van der Waals surface area contributed by atoms with E-state index in [-0.39, 0.29) is 18.3 Å². The number of amides is 1. The number of rotatable bonds is 2. The SMILES string of the molecule is Cc1noc(C2CCN(C(=O)C3CC4CCCC(C3)C4N)CC2)n1.Cl. The van der Waals surface area contributed by atoms with Crippen LogP contribution in [0, 0.1) is 24.7 Å². The Morgan fingerprint density at radius 3 is 2.36 bits per heavy atom. The standard InChI is InChI=1S/C18H28N4O2.ClH/c1-11-20-17(24-21-11)12-5-7-22(8-6-12)18(23)15-9-13-3-2-4-14(10-15)16(13)19;/h12-16H,2-10,19H2,1H3;1H. The molecule has 2 N–H and O–H groups in total. The fourth-order valence-corrected chi connectivity index (χ4v) is 5.07. The van der Waals surface area contributed by atoms with Gasteiger partial charge in [-0.3, -0.25) is 4.79 Å². The van der Waals surface area contributed by atoms with Gasteiger partial charge < -0.3 is 15.2 Å². The van der Waals surface area contributed by atoms with Gasteiger partial charge in [0.25, 0.3) is 0 Å². The zero-order valence-corrected chi connectivity index (χ0v) is 15.7. The predicted octanol–water partition coefficient (Wildman–Crippen LogP) is 2.66. The van der Waals surface area contributed by atoms with Crippen LogP contribution in [0.1, 0.15) is 62.6 Å². The van der Waals surface area contributed by atoms with Crippen molar-refractivity contribution >= 4 is 18.3 Å². The summed E-state index contributed by atoms with van der Waals surface area (Å²) in [5.41, 5.74) is 6.36. The molecule has 7 heteroatoms. The van der Waals surface area contributed by atoms with E-state index in [4.69, 9.17) is 10.3 Å². The average molecular weight is 369 g/mol. The summed E-state index contributed by atoms with van der Waals surface area (Å²) in [6.45, 7) is 3.46. The molecule has 0 spiro atoms. The van der Waals surface area contributed by atoms with Crippen LogP contribution in [0.3, 0.4) is 0 Å². The number of aromatic nitrogens is 2. The van der Waals surface area contributed by atoms with Gasteiger partial charge in [-0.25, -0.2) is 0 Å². The fourth-order valence-electron chi connectivity index (χ4n) is 5.07. The Hall–Kier alpha value is -1.14. The maximum Gasteiger partial charge on any atom is 0.229 e. The number of nitrogens with two attached hydrogens (primary N) is 1. The van der Waals surface area contributed by atoms with Gasteiger partial charge >= 0.3 is 0 Å². The smallest absolute Gasteiger partial charge is 0.229 e. The van der Waals surface area contributed by atoms with Gasteiger partial charge in [0.1, 0.15) is 0 Å². The molecule has 3 fully saturated rings. The molecule has 2 saturated carbocycles. The van der Waals surface area contributed by atoms with Gasteiger partial charge in [-0.1, -0.05) is 11.6 Å². The zero-order valence-electron chi connectivity index (χ0n) is 14.9. The number of halogens is 1. The largest absolute Gasteiger partial charge is 0.342 e. The molecule has 2 atom stereocenters. The van der Waals surface area contributed by atoms with Gasteiger partial charge in [0.2, 0.25) is 11.8 Å². The van der Waals surface area contributed by atoms with Crippen molar-refractivity contribution in [1.82, 2.24) is 15.0 Å². The molecule has 1 amide bonds. The van der Waals surface area contributed by atoms with Crippen LogP contribution in [0.2, 0.25) is 0 Å². The highest BCUT2D eigenvalue weighted by Crippen LogP contribution is 2.42. The minimum absolute atomic E-state index is 0.